The topological polar surface area (TPSA) is 32.5 Å². The summed E-state index contributed by atoms with van der Waals surface area (Å²) in [4.78, 5) is 4.20. The van der Waals surface area contributed by atoms with Crippen LogP contribution in [0.25, 0.3) is 0 Å². The van der Waals surface area contributed by atoms with Crippen LogP contribution in [0.3, 0.4) is 0 Å². The Hall–Kier alpha value is -1.36. The van der Waals surface area contributed by atoms with Gasteiger partial charge < -0.3 is 10.6 Å². The molecule has 1 aromatic carbocycles. The van der Waals surface area contributed by atoms with Crippen molar-refractivity contribution in [1.29, 1.82) is 0 Å². The third-order valence-corrected chi connectivity index (χ3v) is 3.94. The molecule has 1 aliphatic rings. The Morgan fingerprint density at radius 1 is 1.21 bits per heavy atom. The first-order valence-corrected chi connectivity index (χ1v) is 6.77. The summed E-state index contributed by atoms with van der Waals surface area (Å²) in [6, 6.07) is 3.02. The molecule has 0 spiro atoms. The monoisotopic (exact) mass is 269 g/mol. The number of anilines is 2. The molecule has 1 unspecified atom stereocenters. The third kappa shape index (κ3) is 2.81. The van der Waals surface area contributed by atoms with Crippen molar-refractivity contribution in [2.24, 2.45) is 0 Å². The fourth-order valence-electron chi connectivity index (χ4n) is 2.52. The first-order valence-electron chi connectivity index (χ1n) is 6.77. The highest BCUT2D eigenvalue weighted by Gasteiger charge is 2.24. The van der Waals surface area contributed by atoms with Gasteiger partial charge in [0.25, 0.3) is 0 Å². The summed E-state index contributed by atoms with van der Waals surface area (Å²) >= 11 is 0. The number of benzene rings is 1. The highest BCUT2D eigenvalue weighted by molar-refractivity contribution is 5.68. The molecule has 1 atom stereocenters. The zero-order valence-corrected chi connectivity index (χ0v) is 11.5. The molecule has 1 aliphatic heterocycles. The molecule has 0 bridgehead atoms. The zero-order chi connectivity index (χ0) is 14.0. The van der Waals surface area contributed by atoms with Gasteiger partial charge in [-0.25, -0.2) is 8.78 Å². The Morgan fingerprint density at radius 3 is 2.42 bits per heavy atom. The lowest BCUT2D eigenvalue weighted by Crippen LogP contribution is -2.49. The van der Waals surface area contributed by atoms with Crippen LogP contribution in [-0.2, 0) is 0 Å². The Labute approximate surface area is 113 Å². The molecule has 3 nitrogen and oxygen atoms in total. The second-order valence-corrected chi connectivity index (χ2v) is 5.08. The molecule has 1 fully saturated rings. The smallest absolute Gasteiger partial charge is 0.184 e. The number of nitrogens with two attached hydrogens (primary N) is 1. The van der Waals surface area contributed by atoms with Crippen LogP contribution in [-0.4, -0.2) is 37.1 Å². The van der Waals surface area contributed by atoms with Gasteiger partial charge in [-0.2, -0.15) is 0 Å². The van der Waals surface area contributed by atoms with Gasteiger partial charge in [0.05, 0.1) is 11.4 Å². The Balaban J connectivity index is 2.12. The highest BCUT2D eigenvalue weighted by Crippen LogP contribution is 2.29. The van der Waals surface area contributed by atoms with E-state index in [4.69, 9.17) is 5.73 Å². The largest absolute Gasteiger partial charge is 0.397 e. The quantitative estimate of drug-likeness (QED) is 0.856. The molecule has 0 radical (unpaired) electrons. The van der Waals surface area contributed by atoms with E-state index in [-0.39, 0.29) is 5.69 Å². The number of piperazine rings is 1. The number of nitrogens with zero attached hydrogens (tertiary/aromatic N) is 2. The third-order valence-electron chi connectivity index (χ3n) is 3.94. The van der Waals surface area contributed by atoms with Crippen molar-refractivity contribution < 1.29 is 8.78 Å². The van der Waals surface area contributed by atoms with Gasteiger partial charge in [0, 0.05) is 32.2 Å². The van der Waals surface area contributed by atoms with Gasteiger partial charge in [0.2, 0.25) is 0 Å². The van der Waals surface area contributed by atoms with Crippen molar-refractivity contribution in [2.75, 3.05) is 36.8 Å². The van der Waals surface area contributed by atoms with Crippen molar-refractivity contribution in [2.45, 2.75) is 26.3 Å². The zero-order valence-electron chi connectivity index (χ0n) is 11.5. The Bertz CT molecular complexity index is 443. The maximum absolute atomic E-state index is 13.9. The average Bonchev–Trinajstić information content (AvgIpc) is 2.43. The molecule has 0 aromatic heterocycles. The summed E-state index contributed by atoms with van der Waals surface area (Å²) < 4.78 is 27.2. The van der Waals surface area contributed by atoms with Gasteiger partial charge in [0.1, 0.15) is 0 Å². The summed E-state index contributed by atoms with van der Waals surface area (Å²) in [5.74, 6) is -1.68. The SMILES string of the molecule is CCC(C)N1CCN(c2c(N)ccc(F)c2F)CC1. The molecule has 1 saturated heterocycles. The van der Waals surface area contributed by atoms with Crippen LogP contribution in [0.15, 0.2) is 12.1 Å². The molecule has 1 heterocycles. The van der Waals surface area contributed by atoms with E-state index in [1.54, 1.807) is 0 Å². The molecule has 2 N–H and O–H groups in total. The molecular weight excluding hydrogens is 248 g/mol. The lowest BCUT2D eigenvalue weighted by molar-refractivity contribution is 0.192. The van der Waals surface area contributed by atoms with Crippen molar-refractivity contribution >= 4 is 11.4 Å². The van der Waals surface area contributed by atoms with Crippen LogP contribution in [0.1, 0.15) is 20.3 Å². The second kappa shape index (κ2) is 5.74. The molecule has 0 aliphatic carbocycles. The summed E-state index contributed by atoms with van der Waals surface area (Å²) in [6.45, 7) is 7.40. The Morgan fingerprint density at radius 2 is 1.84 bits per heavy atom. The highest BCUT2D eigenvalue weighted by atomic mass is 19.2. The van der Waals surface area contributed by atoms with Gasteiger partial charge >= 0.3 is 0 Å². The summed E-state index contributed by atoms with van der Waals surface area (Å²) in [6.07, 6.45) is 1.09. The minimum Gasteiger partial charge on any atom is -0.397 e. The molecule has 106 valence electrons. The van der Waals surface area contributed by atoms with Gasteiger partial charge in [-0.15, -0.1) is 0 Å². The standard InChI is InChI=1S/C14H21F2N3/c1-3-10(2)18-6-8-19(9-7-18)14-12(17)5-4-11(15)13(14)16/h4-5,10H,3,6-9,17H2,1-2H3. The van der Waals surface area contributed by atoms with E-state index in [0.717, 1.165) is 25.6 Å². The summed E-state index contributed by atoms with van der Waals surface area (Å²) in [5, 5.41) is 0. The number of hydrogen-bond acceptors (Lipinski definition) is 3. The van der Waals surface area contributed by atoms with Crippen molar-refractivity contribution in [3.8, 4) is 0 Å². The van der Waals surface area contributed by atoms with Gasteiger partial charge in [-0.05, 0) is 25.5 Å². The number of halogens is 2. The molecule has 19 heavy (non-hydrogen) atoms. The number of hydrogen-bond donors (Lipinski definition) is 1. The minimum atomic E-state index is -0.839. The number of rotatable bonds is 3. The van der Waals surface area contributed by atoms with Crippen LogP contribution in [0.2, 0.25) is 0 Å². The minimum absolute atomic E-state index is 0.212. The summed E-state index contributed by atoms with van der Waals surface area (Å²) in [5.41, 5.74) is 6.29. The molecule has 2 rings (SSSR count). The molecule has 1 aromatic rings. The van der Waals surface area contributed by atoms with Crippen LogP contribution < -0.4 is 10.6 Å². The van der Waals surface area contributed by atoms with E-state index in [1.807, 2.05) is 4.90 Å². The van der Waals surface area contributed by atoms with Crippen LogP contribution in [0.5, 0.6) is 0 Å². The van der Waals surface area contributed by atoms with Gasteiger partial charge in [-0.1, -0.05) is 6.92 Å². The molecular formula is C14H21F2N3. The second-order valence-electron chi connectivity index (χ2n) is 5.08. The van der Waals surface area contributed by atoms with Crippen molar-refractivity contribution in [1.82, 2.24) is 4.90 Å². The van der Waals surface area contributed by atoms with Crippen LogP contribution in [0, 0.1) is 11.6 Å². The van der Waals surface area contributed by atoms with E-state index in [2.05, 4.69) is 18.7 Å². The predicted molar refractivity (Wildman–Crippen MR) is 74.3 cm³/mol. The number of nitrogen functional groups attached to an aromatic ring is 1. The predicted octanol–water partition coefficient (Wildman–Crippen LogP) is 2.47. The fourth-order valence-corrected chi connectivity index (χ4v) is 2.52. The van der Waals surface area contributed by atoms with Crippen molar-refractivity contribution in [3.63, 3.8) is 0 Å². The molecule has 0 amide bonds. The first-order chi connectivity index (χ1) is 9.04. The van der Waals surface area contributed by atoms with E-state index in [1.165, 1.54) is 6.07 Å². The fraction of sp³-hybridized carbons (Fsp3) is 0.571. The van der Waals surface area contributed by atoms with Crippen LogP contribution in [0.4, 0.5) is 20.2 Å². The maximum atomic E-state index is 13.9. The van der Waals surface area contributed by atoms with Crippen LogP contribution >= 0.6 is 0 Å². The van der Waals surface area contributed by atoms with E-state index >= 15 is 0 Å². The normalized spacial score (nSPS) is 18.6. The van der Waals surface area contributed by atoms with E-state index in [0.29, 0.717) is 24.8 Å². The molecule has 5 heteroatoms. The maximum Gasteiger partial charge on any atom is 0.184 e. The average molecular weight is 269 g/mol. The lowest BCUT2D eigenvalue weighted by Gasteiger charge is -2.39. The van der Waals surface area contributed by atoms with E-state index in [9.17, 15) is 8.78 Å². The lowest BCUT2D eigenvalue weighted by atomic mass is 10.1. The summed E-state index contributed by atoms with van der Waals surface area (Å²) in [7, 11) is 0. The molecule has 0 saturated carbocycles. The van der Waals surface area contributed by atoms with Gasteiger partial charge in [-0.3, -0.25) is 4.90 Å². The first kappa shape index (κ1) is 14.1. The van der Waals surface area contributed by atoms with Crippen molar-refractivity contribution in [3.05, 3.63) is 23.8 Å². The van der Waals surface area contributed by atoms with Gasteiger partial charge in [0.15, 0.2) is 11.6 Å². The Kier molecular flexibility index (Phi) is 4.24. The van der Waals surface area contributed by atoms with E-state index < -0.39 is 11.6 Å².